The highest BCUT2D eigenvalue weighted by Crippen LogP contribution is 2.27. The van der Waals surface area contributed by atoms with E-state index in [9.17, 15) is 10.1 Å². The highest BCUT2D eigenvalue weighted by atomic mass is 16.6. The summed E-state index contributed by atoms with van der Waals surface area (Å²) >= 11 is 0. The summed E-state index contributed by atoms with van der Waals surface area (Å²) in [6, 6.07) is 11.1. The van der Waals surface area contributed by atoms with Crippen molar-refractivity contribution in [3.8, 4) is 5.69 Å². The van der Waals surface area contributed by atoms with Crippen molar-refractivity contribution in [1.29, 1.82) is 0 Å². The largest absolute Gasteiger partial charge is 0.301 e. The molecule has 100 valence electrons. The minimum absolute atomic E-state index is 0.0147. The zero-order valence-electron chi connectivity index (χ0n) is 11.1. The molecular weight excluding hydrogens is 256 g/mol. The molecular formula is C14H12N4O2. The predicted octanol–water partition coefficient (Wildman–Crippen LogP) is 2.95. The monoisotopic (exact) mass is 268 g/mol. The van der Waals surface area contributed by atoms with Crippen LogP contribution in [-0.2, 0) is 0 Å². The molecule has 0 unspecified atom stereocenters. The van der Waals surface area contributed by atoms with E-state index in [2.05, 4.69) is 10.2 Å². The lowest BCUT2D eigenvalue weighted by Crippen LogP contribution is -1.98. The Kier molecular flexibility index (Phi) is 2.71. The quantitative estimate of drug-likeness (QED) is 0.529. The maximum absolute atomic E-state index is 11.2. The van der Waals surface area contributed by atoms with Crippen LogP contribution in [0.4, 0.5) is 5.69 Å². The van der Waals surface area contributed by atoms with Crippen LogP contribution in [0.25, 0.3) is 16.7 Å². The first-order valence-corrected chi connectivity index (χ1v) is 6.14. The topological polar surface area (TPSA) is 73.8 Å². The maximum Gasteiger partial charge on any atom is 0.301 e. The summed E-state index contributed by atoms with van der Waals surface area (Å²) in [7, 11) is 0. The van der Waals surface area contributed by atoms with Crippen LogP contribution in [0.15, 0.2) is 36.4 Å². The molecule has 0 spiro atoms. The van der Waals surface area contributed by atoms with Gasteiger partial charge in [-0.15, -0.1) is 10.2 Å². The van der Waals surface area contributed by atoms with Crippen molar-refractivity contribution in [1.82, 2.24) is 15.0 Å². The number of aryl methyl sites for hydroxylation is 2. The number of nitro benzene ring substituents is 1. The normalized spacial score (nSPS) is 10.9. The van der Waals surface area contributed by atoms with Crippen LogP contribution in [0.2, 0.25) is 0 Å². The zero-order valence-corrected chi connectivity index (χ0v) is 11.1. The summed E-state index contributed by atoms with van der Waals surface area (Å²) in [4.78, 5) is 12.2. The number of benzene rings is 2. The van der Waals surface area contributed by atoms with Crippen LogP contribution < -0.4 is 0 Å². The lowest BCUT2D eigenvalue weighted by Gasteiger charge is -1.98. The number of fused-ring (bicyclic) bond motifs is 1. The Labute approximate surface area is 114 Å². The fourth-order valence-electron chi connectivity index (χ4n) is 2.09. The first-order chi connectivity index (χ1) is 9.56. The molecule has 0 saturated carbocycles. The fourth-order valence-corrected chi connectivity index (χ4v) is 2.09. The molecule has 0 aliphatic carbocycles. The van der Waals surface area contributed by atoms with Crippen LogP contribution in [0.5, 0.6) is 0 Å². The van der Waals surface area contributed by atoms with Gasteiger partial charge in [-0.1, -0.05) is 23.8 Å². The van der Waals surface area contributed by atoms with Gasteiger partial charge in [0.05, 0.1) is 10.6 Å². The first kappa shape index (κ1) is 12.3. The van der Waals surface area contributed by atoms with E-state index in [0.717, 1.165) is 11.3 Å². The van der Waals surface area contributed by atoms with Gasteiger partial charge in [0.15, 0.2) is 5.52 Å². The van der Waals surface area contributed by atoms with Gasteiger partial charge in [0.25, 0.3) is 0 Å². The Morgan fingerprint density at radius 2 is 1.75 bits per heavy atom. The first-order valence-electron chi connectivity index (χ1n) is 6.14. The van der Waals surface area contributed by atoms with E-state index in [0.29, 0.717) is 16.6 Å². The molecule has 0 atom stereocenters. The van der Waals surface area contributed by atoms with Crippen molar-refractivity contribution in [2.24, 2.45) is 0 Å². The number of nitro groups is 1. The average Bonchev–Trinajstić information content (AvgIpc) is 2.82. The summed E-state index contributed by atoms with van der Waals surface area (Å²) in [6.45, 7) is 3.69. The van der Waals surface area contributed by atoms with Crippen molar-refractivity contribution in [3.05, 3.63) is 57.6 Å². The van der Waals surface area contributed by atoms with Crippen molar-refractivity contribution in [2.75, 3.05) is 0 Å². The minimum Gasteiger partial charge on any atom is -0.258 e. The standard InChI is InChI=1S/C14H12N4O2/c1-9-3-6-11(7-4-9)17-15-12-8-5-10(2)14(18(19)20)13(12)16-17/h3-8H,1-2H3. The number of hydrogen-bond donors (Lipinski definition) is 0. The second-order valence-corrected chi connectivity index (χ2v) is 4.68. The van der Waals surface area contributed by atoms with Crippen LogP contribution in [0.3, 0.4) is 0 Å². The maximum atomic E-state index is 11.2. The summed E-state index contributed by atoms with van der Waals surface area (Å²) < 4.78 is 0. The van der Waals surface area contributed by atoms with E-state index < -0.39 is 4.92 Å². The summed E-state index contributed by atoms with van der Waals surface area (Å²) in [5, 5.41) is 19.7. The van der Waals surface area contributed by atoms with Crippen molar-refractivity contribution in [2.45, 2.75) is 13.8 Å². The molecule has 3 rings (SSSR count). The molecule has 1 heterocycles. The van der Waals surface area contributed by atoms with E-state index in [-0.39, 0.29) is 5.69 Å². The molecule has 0 radical (unpaired) electrons. The van der Waals surface area contributed by atoms with Gasteiger partial charge in [0.2, 0.25) is 0 Å². The van der Waals surface area contributed by atoms with E-state index >= 15 is 0 Å². The van der Waals surface area contributed by atoms with Crippen molar-refractivity contribution >= 4 is 16.7 Å². The van der Waals surface area contributed by atoms with E-state index in [4.69, 9.17) is 0 Å². The molecule has 0 aliphatic heterocycles. The Bertz CT molecular complexity index is 806. The molecule has 0 bridgehead atoms. The van der Waals surface area contributed by atoms with Crippen LogP contribution >= 0.6 is 0 Å². The SMILES string of the molecule is Cc1ccc(-n2nc3ccc(C)c([N+](=O)[O-])c3n2)cc1. The highest BCUT2D eigenvalue weighted by molar-refractivity contribution is 5.85. The molecule has 1 aromatic heterocycles. The molecule has 2 aromatic carbocycles. The third-order valence-corrected chi connectivity index (χ3v) is 3.18. The van der Waals surface area contributed by atoms with Gasteiger partial charge < -0.3 is 0 Å². The Hall–Kier alpha value is -2.76. The van der Waals surface area contributed by atoms with Crippen molar-refractivity contribution < 1.29 is 4.92 Å². The zero-order chi connectivity index (χ0) is 14.3. The molecule has 6 heteroatoms. The smallest absolute Gasteiger partial charge is 0.258 e. The molecule has 20 heavy (non-hydrogen) atoms. The van der Waals surface area contributed by atoms with Gasteiger partial charge >= 0.3 is 5.69 Å². The third kappa shape index (κ3) is 1.91. The van der Waals surface area contributed by atoms with Crippen LogP contribution in [0.1, 0.15) is 11.1 Å². The number of rotatable bonds is 2. The lowest BCUT2D eigenvalue weighted by atomic mass is 10.2. The molecule has 0 N–H and O–H groups in total. The number of hydrogen-bond acceptors (Lipinski definition) is 4. The number of aromatic nitrogens is 3. The average molecular weight is 268 g/mol. The predicted molar refractivity (Wildman–Crippen MR) is 75.0 cm³/mol. The number of nitrogens with zero attached hydrogens (tertiary/aromatic N) is 4. The molecule has 6 nitrogen and oxygen atoms in total. The van der Waals surface area contributed by atoms with Crippen LogP contribution in [0, 0.1) is 24.0 Å². The van der Waals surface area contributed by atoms with E-state index in [1.165, 1.54) is 4.80 Å². The van der Waals surface area contributed by atoms with Gasteiger partial charge in [-0.2, -0.15) is 4.80 Å². The van der Waals surface area contributed by atoms with E-state index in [1.807, 2.05) is 31.2 Å². The van der Waals surface area contributed by atoms with Gasteiger partial charge in [0, 0.05) is 5.56 Å². The summed E-state index contributed by atoms with van der Waals surface area (Å²) in [5.74, 6) is 0. The molecule has 0 fully saturated rings. The summed E-state index contributed by atoms with van der Waals surface area (Å²) in [5.41, 5.74) is 3.34. The third-order valence-electron chi connectivity index (χ3n) is 3.18. The summed E-state index contributed by atoms with van der Waals surface area (Å²) in [6.07, 6.45) is 0. The molecule has 3 aromatic rings. The Balaban J connectivity index is 2.23. The van der Waals surface area contributed by atoms with Gasteiger partial charge in [-0.3, -0.25) is 10.1 Å². The van der Waals surface area contributed by atoms with Gasteiger partial charge in [-0.25, -0.2) is 0 Å². The van der Waals surface area contributed by atoms with Crippen LogP contribution in [-0.4, -0.2) is 19.9 Å². The second kappa shape index (κ2) is 4.41. The minimum atomic E-state index is -0.411. The Morgan fingerprint density at radius 3 is 2.40 bits per heavy atom. The Morgan fingerprint density at radius 1 is 1.05 bits per heavy atom. The fraction of sp³-hybridized carbons (Fsp3) is 0.143. The molecule has 0 saturated heterocycles. The second-order valence-electron chi connectivity index (χ2n) is 4.68. The molecule has 0 aliphatic rings. The van der Waals surface area contributed by atoms with E-state index in [1.54, 1.807) is 19.1 Å². The van der Waals surface area contributed by atoms with Gasteiger partial charge in [-0.05, 0) is 32.0 Å². The highest BCUT2D eigenvalue weighted by Gasteiger charge is 2.20. The lowest BCUT2D eigenvalue weighted by molar-refractivity contribution is -0.383. The van der Waals surface area contributed by atoms with Crippen molar-refractivity contribution in [3.63, 3.8) is 0 Å². The van der Waals surface area contributed by atoms with Gasteiger partial charge in [0.1, 0.15) is 5.52 Å². The molecule has 0 amide bonds.